The lowest BCUT2D eigenvalue weighted by molar-refractivity contribution is -0.296. The SMILES string of the molecule is CO[C@H]1O[C@H](CO)[C@@H](OP(=O)(c2ccccc2)c2ccccc2)[C@H](OC(=O)CCC(C)=O)[C@@H]1OC(=O)CCC(C)=O. The standard InChI is InChI=1S/C29H35O11P/c1-19(31)14-16-24(33)38-27-26(23(18-30)37-29(36-3)28(27)39-25(34)17-15-20(2)32)40-41(35,21-10-6-4-7-11-21)22-12-8-5-9-13-22/h4-13,23,26-30H,14-18H2,1-3H3/t23-,26-,27+,28+,29+/m1/s1. The van der Waals surface area contributed by atoms with Crippen LogP contribution in [-0.2, 0) is 47.2 Å². The van der Waals surface area contributed by atoms with Crippen molar-refractivity contribution in [2.75, 3.05) is 13.7 Å². The van der Waals surface area contributed by atoms with Crippen molar-refractivity contribution in [2.24, 2.45) is 0 Å². The summed E-state index contributed by atoms with van der Waals surface area (Å²) in [5.41, 5.74) is 0. The zero-order valence-electron chi connectivity index (χ0n) is 23.2. The van der Waals surface area contributed by atoms with Crippen LogP contribution < -0.4 is 10.6 Å². The Morgan fingerprint density at radius 2 is 1.22 bits per heavy atom. The summed E-state index contributed by atoms with van der Waals surface area (Å²) in [6.45, 7) is 2.00. The van der Waals surface area contributed by atoms with Crippen LogP contribution in [0.25, 0.3) is 0 Å². The molecule has 5 atom stereocenters. The highest BCUT2D eigenvalue weighted by molar-refractivity contribution is 7.74. The summed E-state index contributed by atoms with van der Waals surface area (Å²) in [7, 11) is -2.66. The minimum atomic E-state index is -3.93. The molecule has 0 aromatic heterocycles. The zero-order chi connectivity index (χ0) is 30.0. The van der Waals surface area contributed by atoms with E-state index < -0.39 is 56.6 Å². The highest BCUT2D eigenvalue weighted by Crippen LogP contribution is 2.48. The maximum atomic E-state index is 14.7. The predicted octanol–water partition coefficient (Wildman–Crippen LogP) is 2.23. The van der Waals surface area contributed by atoms with Gasteiger partial charge < -0.3 is 38.2 Å². The first-order valence-electron chi connectivity index (χ1n) is 13.2. The largest absolute Gasteiger partial charge is 0.455 e. The van der Waals surface area contributed by atoms with E-state index in [9.17, 15) is 28.8 Å². The maximum absolute atomic E-state index is 14.7. The third-order valence-corrected chi connectivity index (χ3v) is 8.86. The molecule has 1 N–H and O–H groups in total. The second kappa shape index (κ2) is 15.1. The van der Waals surface area contributed by atoms with Gasteiger partial charge in [0.15, 0.2) is 18.5 Å². The quantitative estimate of drug-likeness (QED) is 0.255. The first kappa shape index (κ1) is 32.3. The van der Waals surface area contributed by atoms with E-state index in [1.165, 1.54) is 21.0 Å². The van der Waals surface area contributed by atoms with Crippen LogP contribution in [0.3, 0.4) is 0 Å². The van der Waals surface area contributed by atoms with E-state index >= 15 is 0 Å². The number of ketones is 2. The molecule has 1 aliphatic heterocycles. The second-order valence-corrected chi connectivity index (χ2v) is 11.9. The van der Waals surface area contributed by atoms with Gasteiger partial charge in [0.25, 0.3) is 7.37 Å². The van der Waals surface area contributed by atoms with Gasteiger partial charge >= 0.3 is 11.9 Å². The number of aliphatic hydroxyl groups is 1. The lowest BCUT2D eigenvalue weighted by atomic mass is 9.98. The Morgan fingerprint density at radius 1 is 0.756 bits per heavy atom. The van der Waals surface area contributed by atoms with Gasteiger partial charge in [-0.15, -0.1) is 0 Å². The van der Waals surface area contributed by atoms with Gasteiger partial charge in [-0.3, -0.25) is 14.2 Å². The molecule has 1 aliphatic rings. The monoisotopic (exact) mass is 590 g/mol. The van der Waals surface area contributed by atoms with Crippen molar-refractivity contribution >= 4 is 41.5 Å². The highest BCUT2D eigenvalue weighted by atomic mass is 31.2. The van der Waals surface area contributed by atoms with Gasteiger partial charge in [-0.1, -0.05) is 36.4 Å². The van der Waals surface area contributed by atoms with Crippen LogP contribution in [0.4, 0.5) is 0 Å². The number of benzene rings is 2. The molecule has 0 radical (unpaired) electrons. The Bertz CT molecular complexity index is 1190. The molecule has 0 amide bonds. The van der Waals surface area contributed by atoms with E-state index in [4.69, 9.17) is 23.5 Å². The van der Waals surface area contributed by atoms with Crippen LogP contribution >= 0.6 is 7.37 Å². The van der Waals surface area contributed by atoms with Gasteiger partial charge in [0, 0.05) is 30.6 Å². The Balaban J connectivity index is 2.07. The molecule has 2 aromatic carbocycles. The Hall–Kier alpha value is -3.21. The van der Waals surface area contributed by atoms with E-state index in [0.717, 1.165) is 0 Å². The van der Waals surface area contributed by atoms with Crippen molar-refractivity contribution in [2.45, 2.75) is 70.2 Å². The number of carbonyl (C=O) groups is 4. The molecule has 0 bridgehead atoms. The molecule has 11 nitrogen and oxygen atoms in total. The van der Waals surface area contributed by atoms with Crippen molar-refractivity contribution in [3.05, 3.63) is 60.7 Å². The van der Waals surface area contributed by atoms with E-state index in [0.29, 0.717) is 10.6 Å². The van der Waals surface area contributed by atoms with E-state index in [2.05, 4.69) is 0 Å². The number of rotatable bonds is 14. The van der Waals surface area contributed by atoms with Crippen molar-refractivity contribution in [3.63, 3.8) is 0 Å². The maximum Gasteiger partial charge on any atom is 0.306 e. The molecular weight excluding hydrogens is 555 g/mol. The lowest BCUT2D eigenvalue weighted by Gasteiger charge is -2.45. The molecule has 1 saturated heterocycles. The summed E-state index contributed by atoms with van der Waals surface area (Å²) in [6.07, 6.45) is -7.55. The Kier molecular flexibility index (Phi) is 11.9. The topological polar surface area (TPSA) is 152 Å². The summed E-state index contributed by atoms with van der Waals surface area (Å²) in [5.74, 6) is -2.08. The molecular formula is C29H35O11P. The van der Waals surface area contributed by atoms with Gasteiger partial charge in [0.2, 0.25) is 0 Å². The van der Waals surface area contributed by atoms with Crippen molar-refractivity contribution in [1.29, 1.82) is 0 Å². The summed E-state index contributed by atoms with van der Waals surface area (Å²) >= 11 is 0. The predicted molar refractivity (Wildman–Crippen MR) is 147 cm³/mol. The average Bonchev–Trinajstić information content (AvgIpc) is 2.97. The number of hydrogen-bond donors (Lipinski definition) is 1. The summed E-state index contributed by atoms with van der Waals surface area (Å²) in [5, 5.41) is 10.9. The molecule has 1 fully saturated rings. The minimum absolute atomic E-state index is 0.0798. The molecule has 1 heterocycles. The first-order valence-corrected chi connectivity index (χ1v) is 14.8. The number of aliphatic hydroxyl groups excluding tert-OH is 1. The third-order valence-electron chi connectivity index (χ3n) is 6.36. The molecule has 0 unspecified atom stereocenters. The van der Waals surface area contributed by atoms with Crippen LogP contribution in [-0.4, -0.2) is 73.0 Å². The first-order chi connectivity index (χ1) is 19.6. The second-order valence-electron chi connectivity index (χ2n) is 9.57. The van der Waals surface area contributed by atoms with Crippen LogP contribution in [0, 0.1) is 0 Å². The van der Waals surface area contributed by atoms with Crippen LogP contribution in [0.15, 0.2) is 60.7 Å². The lowest BCUT2D eigenvalue weighted by Crippen LogP contribution is -2.62. The van der Waals surface area contributed by atoms with Gasteiger partial charge in [-0.05, 0) is 38.1 Å². The number of carbonyl (C=O) groups excluding carboxylic acids is 4. The number of Topliss-reactive ketones (excluding diaryl/α,β-unsaturated/α-hetero) is 2. The van der Waals surface area contributed by atoms with Crippen LogP contribution in [0.5, 0.6) is 0 Å². The van der Waals surface area contributed by atoms with Crippen molar-refractivity contribution < 1.29 is 52.3 Å². The van der Waals surface area contributed by atoms with Gasteiger partial charge in [-0.2, -0.15) is 0 Å². The number of esters is 2. The molecule has 0 spiro atoms. The average molecular weight is 591 g/mol. The highest BCUT2D eigenvalue weighted by Gasteiger charge is 2.53. The summed E-state index contributed by atoms with van der Waals surface area (Å²) in [6, 6.07) is 16.7. The fraction of sp³-hybridized carbons (Fsp3) is 0.448. The fourth-order valence-electron chi connectivity index (χ4n) is 4.27. The van der Waals surface area contributed by atoms with Crippen molar-refractivity contribution in [3.8, 4) is 0 Å². The summed E-state index contributed by atoms with van der Waals surface area (Å²) < 4.78 is 43.6. The van der Waals surface area contributed by atoms with E-state index in [1.54, 1.807) is 60.7 Å². The molecule has 12 heteroatoms. The zero-order valence-corrected chi connectivity index (χ0v) is 24.1. The molecule has 2 aromatic rings. The van der Waals surface area contributed by atoms with E-state index in [1.807, 2.05) is 0 Å². The molecule has 3 rings (SSSR count). The molecule has 222 valence electrons. The Labute approximate surface area is 238 Å². The minimum Gasteiger partial charge on any atom is -0.455 e. The molecule has 0 aliphatic carbocycles. The smallest absolute Gasteiger partial charge is 0.306 e. The number of hydrogen-bond acceptors (Lipinski definition) is 11. The van der Waals surface area contributed by atoms with Gasteiger partial charge in [0.1, 0.15) is 23.8 Å². The van der Waals surface area contributed by atoms with Crippen LogP contribution in [0.2, 0.25) is 0 Å². The van der Waals surface area contributed by atoms with Crippen molar-refractivity contribution in [1.82, 2.24) is 0 Å². The summed E-state index contributed by atoms with van der Waals surface area (Å²) in [4.78, 5) is 48.5. The number of ether oxygens (including phenoxy) is 4. The number of methoxy groups -OCH3 is 1. The third kappa shape index (κ3) is 8.64. The van der Waals surface area contributed by atoms with E-state index in [-0.39, 0.29) is 37.2 Å². The normalized spacial score (nSPS) is 22.5. The fourth-order valence-corrected chi connectivity index (χ4v) is 6.54. The van der Waals surface area contributed by atoms with Crippen LogP contribution in [0.1, 0.15) is 39.5 Å². The Morgan fingerprint density at radius 3 is 1.63 bits per heavy atom. The van der Waals surface area contributed by atoms with Gasteiger partial charge in [-0.25, -0.2) is 0 Å². The molecule has 0 saturated carbocycles. The molecule has 41 heavy (non-hydrogen) atoms. The van der Waals surface area contributed by atoms with Gasteiger partial charge in [0.05, 0.1) is 19.4 Å².